The highest BCUT2D eigenvalue weighted by Crippen LogP contribution is 2.05. The van der Waals surface area contributed by atoms with Gasteiger partial charge in [0.2, 0.25) is 0 Å². The van der Waals surface area contributed by atoms with Crippen molar-refractivity contribution < 1.29 is 27.5 Å². The molecule has 2 aromatic carbocycles. The van der Waals surface area contributed by atoms with E-state index in [0.717, 1.165) is 23.8 Å². The topological polar surface area (TPSA) is 131 Å². The second kappa shape index (κ2) is 11.8. The molecule has 2 aromatic rings. The van der Waals surface area contributed by atoms with E-state index in [1.165, 1.54) is 0 Å². The van der Waals surface area contributed by atoms with Gasteiger partial charge in [-0.15, -0.1) is 0 Å². The van der Waals surface area contributed by atoms with Gasteiger partial charge in [-0.2, -0.15) is 0 Å². The van der Waals surface area contributed by atoms with E-state index in [4.69, 9.17) is 4.74 Å². The summed E-state index contributed by atoms with van der Waals surface area (Å²) in [6, 6.07) is 14.6. The van der Waals surface area contributed by atoms with Crippen molar-refractivity contribution in [2.75, 3.05) is 12.0 Å². The molecule has 0 bridgehead atoms. The fourth-order valence-electron chi connectivity index (χ4n) is 2.68. The third-order valence-corrected chi connectivity index (χ3v) is 5.50. The zero-order chi connectivity index (χ0) is 23.6. The number of benzene rings is 2. The summed E-state index contributed by atoms with van der Waals surface area (Å²) in [5, 5.41) is 2.35. The van der Waals surface area contributed by atoms with Crippen molar-refractivity contribution in [1.82, 2.24) is 16.2 Å². The number of hydrogen-bond donors (Lipinski definition) is 3. The standard InChI is InChI=1S/C22H27N3O6S/c1-3-16-9-11-18(12-10-16)20(26)24-25-21(27)19(13-14-32(2,29)30)23-22(28)31-15-17-7-5-4-6-8-17/h4-12,19H,3,13-15H2,1-2H3,(H,23,28)(H,24,26)(H,25,27). The first kappa shape index (κ1) is 24.9. The summed E-state index contributed by atoms with van der Waals surface area (Å²) in [6.45, 7) is 1.97. The van der Waals surface area contributed by atoms with Crippen LogP contribution in [0.15, 0.2) is 54.6 Å². The van der Waals surface area contributed by atoms with Crippen molar-refractivity contribution in [3.63, 3.8) is 0 Å². The molecule has 0 aliphatic rings. The van der Waals surface area contributed by atoms with Crippen LogP contribution < -0.4 is 16.2 Å². The van der Waals surface area contributed by atoms with E-state index in [-0.39, 0.29) is 18.8 Å². The molecule has 0 aliphatic carbocycles. The summed E-state index contributed by atoms with van der Waals surface area (Å²) in [5.74, 6) is -1.66. The predicted octanol–water partition coefficient (Wildman–Crippen LogP) is 1.74. The van der Waals surface area contributed by atoms with E-state index < -0.39 is 33.8 Å². The highest BCUT2D eigenvalue weighted by atomic mass is 32.2. The first-order valence-electron chi connectivity index (χ1n) is 10.0. The highest BCUT2D eigenvalue weighted by molar-refractivity contribution is 7.90. The van der Waals surface area contributed by atoms with Crippen LogP contribution in [-0.4, -0.2) is 44.4 Å². The number of carbonyl (C=O) groups is 3. The maximum absolute atomic E-state index is 12.5. The van der Waals surface area contributed by atoms with Crippen LogP contribution in [0, 0.1) is 0 Å². The molecule has 1 atom stereocenters. The molecule has 3 amide bonds. The molecule has 9 nitrogen and oxygen atoms in total. The molecule has 0 saturated heterocycles. The lowest BCUT2D eigenvalue weighted by Crippen LogP contribution is -2.52. The number of aryl methyl sites for hydroxylation is 1. The van der Waals surface area contributed by atoms with Crippen molar-refractivity contribution in [3.05, 3.63) is 71.3 Å². The minimum absolute atomic E-state index is 0.0163. The number of nitrogens with one attached hydrogen (secondary N) is 3. The minimum atomic E-state index is -3.38. The van der Waals surface area contributed by atoms with Crippen LogP contribution >= 0.6 is 0 Å². The molecule has 0 radical (unpaired) electrons. The molecule has 0 spiro atoms. The molecule has 0 saturated carbocycles. The Bertz CT molecular complexity index is 1020. The van der Waals surface area contributed by atoms with Crippen molar-refractivity contribution in [3.8, 4) is 0 Å². The van der Waals surface area contributed by atoms with E-state index in [0.29, 0.717) is 5.56 Å². The average molecular weight is 462 g/mol. The molecule has 32 heavy (non-hydrogen) atoms. The Labute approximate surface area is 187 Å². The summed E-state index contributed by atoms with van der Waals surface area (Å²) in [5.41, 5.74) is 6.64. The molecular weight excluding hydrogens is 434 g/mol. The number of carbonyl (C=O) groups excluding carboxylic acids is 3. The van der Waals surface area contributed by atoms with Gasteiger partial charge >= 0.3 is 6.09 Å². The lowest BCUT2D eigenvalue weighted by molar-refractivity contribution is -0.123. The Balaban J connectivity index is 1.95. The molecule has 0 aliphatic heterocycles. The van der Waals surface area contributed by atoms with Gasteiger partial charge in [0, 0.05) is 11.8 Å². The molecule has 172 valence electrons. The molecule has 3 N–H and O–H groups in total. The van der Waals surface area contributed by atoms with Gasteiger partial charge in [0.15, 0.2) is 0 Å². The van der Waals surface area contributed by atoms with E-state index in [9.17, 15) is 22.8 Å². The number of sulfone groups is 1. The van der Waals surface area contributed by atoms with E-state index in [1.807, 2.05) is 13.0 Å². The van der Waals surface area contributed by atoms with Crippen molar-refractivity contribution in [1.29, 1.82) is 0 Å². The fraction of sp³-hybridized carbons (Fsp3) is 0.318. The second-order valence-electron chi connectivity index (χ2n) is 7.17. The van der Waals surface area contributed by atoms with Crippen LogP contribution in [-0.2, 0) is 32.4 Å². The fourth-order valence-corrected chi connectivity index (χ4v) is 3.34. The van der Waals surface area contributed by atoms with E-state index in [2.05, 4.69) is 16.2 Å². The van der Waals surface area contributed by atoms with E-state index in [1.54, 1.807) is 48.5 Å². The van der Waals surface area contributed by atoms with Gasteiger partial charge in [0.25, 0.3) is 11.8 Å². The Morgan fingerprint density at radius 3 is 2.19 bits per heavy atom. The van der Waals surface area contributed by atoms with Crippen LogP contribution in [0.2, 0.25) is 0 Å². The van der Waals surface area contributed by atoms with Crippen molar-refractivity contribution in [2.45, 2.75) is 32.4 Å². The maximum Gasteiger partial charge on any atom is 0.408 e. The van der Waals surface area contributed by atoms with Crippen LogP contribution in [0.5, 0.6) is 0 Å². The lowest BCUT2D eigenvalue weighted by Gasteiger charge is -2.18. The zero-order valence-corrected chi connectivity index (χ0v) is 18.8. The molecular formula is C22H27N3O6S. The van der Waals surface area contributed by atoms with Crippen LogP contribution in [0.25, 0.3) is 0 Å². The molecule has 10 heteroatoms. The van der Waals surface area contributed by atoms with Gasteiger partial charge in [0.05, 0.1) is 5.75 Å². The molecule has 1 unspecified atom stereocenters. The summed E-state index contributed by atoms with van der Waals surface area (Å²) < 4.78 is 28.1. The van der Waals surface area contributed by atoms with Gasteiger partial charge < -0.3 is 10.1 Å². The summed E-state index contributed by atoms with van der Waals surface area (Å²) >= 11 is 0. The first-order valence-corrected chi connectivity index (χ1v) is 12.1. The number of ether oxygens (including phenoxy) is 1. The van der Waals surface area contributed by atoms with Gasteiger partial charge in [-0.3, -0.25) is 20.4 Å². The Hall–Kier alpha value is -3.40. The summed E-state index contributed by atoms with van der Waals surface area (Å²) in [4.78, 5) is 36.9. The Morgan fingerprint density at radius 1 is 0.938 bits per heavy atom. The third-order valence-electron chi connectivity index (χ3n) is 4.52. The van der Waals surface area contributed by atoms with Gasteiger partial charge in [0.1, 0.15) is 22.5 Å². The van der Waals surface area contributed by atoms with Crippen molar-refractivity contribution >= 4 is 27.7 Å². The Kier molecular flexibility index (Phi) is 9.21. The SMILES string of the molecule is CCc1ccc(C(=O)NNC(=O)C(CCS(C)(=O)=O)NC(=O)OCc2ccccc2)cc1. The number of rotatable bonds is 9. The van der Waals surface area contributed by atoms with E-state index >= 15 is 0 Å². The summed E-state index contributed by atoms with van der Waals surface area (Å²) in [6.07, 6.45) is 0.778. The quantitative estimate of drug-likeness (QED) is 0.488. The van der Waals surface area contributed by atoms with Gasteiger partial charge in [-0.25, -0.2) is 13.2 Å². The normalized spacial score (nSPS) is 11.8. The maximum atomic E-state index is 12.5. The van der Waals surface area contributed by atoms with Crippen LogP contribution in [0.1, 0.15) is 34.8 Å². The highest BCUT2D eigenvalue weighted by Gasteiger charge is 2.24. The first-order chi connectivity index (χ1) is 15.2. The van der Waals surface area contributed by atoms with Crippen LogP contribution in [0.4, 0.5) is 4.79 Å². The van der Waals surface area contributed by atoms with Gasteiger partial charge in [-0.05, 0) is 36.1 Å². The predicted molar refractivity (Wildman–Crippen MR) is 119 cm³/mol. The monoisotopic (exact) mass is 461 g/mol. The van der Waals surface area contributed by atoms with Gasteiger partial charge in [-0.1, -0.05) is 49.4 Å². The Morgan fingerprint density at radius 2 is 1.59 bits per heavy atom. The molecule has 0 fully saturated rings. The lowest BCUT2D eigenvalue weighted by atomic mass is 10.1. The smallest absolute Gasteiger partial charge is 0.408 e. The summed E-state index contributed by atoms with van der Waals surface area (Å²) in [7, 11) is -3.38. The van der Waals surface area contributed by atoms with Crippen molar-refractivity contribution in [2.24, 2.45) is 0 Å². The zero-order valence-electron chi connectivity index (χ0n) is 18.0. The number of hydrazine groups is 1. The largest absolute Gasteiger partial charge is 0.445 e. The minimum Gasteiger partial charge on any atom is -0.445 e. The average Bonchev–Trinajstić information content (AvgIpc) is 2.78. The molecule has 2 rings (SSSR count). The number of hydrogen-bond acceptors (Lipinski definition) is 6. The third kappa shape index (κ3) is 8.76. The molecule has 0 heterocycles. The number of amides is 3. The second-order valence-corrected chi connectivity index (χ2v) is 9.43. The molecule has 0 aromatic heterocycles. The number of alkyl carbamates (subject to hydrolysis) is 1. The van der Waals surface area contributed by atoms with Crippen LogP contribution in [0.3, 0.4) is 0 Å².